The highest BCUT2D eigenvalue weighted by Crippen LogP contribution is 2.46. The summed E-state index contributed by atoms with van der Waals surface area (Å²) in [6.45, 7) is -0.921. The maximum absolute atomic E-state index is 10.8. The van der Waals surface area contributed by atoms with E-state index in [4.69, 9.17) is 24.7 Å². The molecule has 0 aromatic heterocycles. The van der Waals surface area contributed by atoms with Gasteiger partial charge in [0.15, 0.2) is 6.29 Å². The second-order valence-corrected chi connectivity index (χ2v) is 6.24. The Kier molecular flexibility index (Phi) is 5.83. The molecule has 1 rings (SSSR count). The summed E-state index contributed by atoms with van der Waals surface area (Å²) in [6, 6.07) is 0. The van der Waals surface area contributed by atoms with Gasteiger partial charge in [-0.25, -0.2) is 9.13 Å². The summed E-state index contributed by atoms with van der Waals surface area (Å²) in [5, 5.41) is 27.8. The van der Waals surface area contributed by atoms with Crippen LogP contribution in [-0.2, 0) is 22.9 Å². The summed E-state index contributed by atoms with van der Waals surface area (Å²) in [6.07, 6.45) is -9.61. The Morgan fingerprint density at radius 3 is 1.80 bits per heavy atom. The minimum Gasteiger partial charge on any atom is -0.394 e. The third kappa shape index (κ3) is 5.11. The van der Waals surface area contributed by atoms with Gasteiger partial charge in [0, 0.05) is 0 Å². The average molecular weight is 340 g/mol. The number of hydrogen-bond donors (Lipinski definition) is 7. The minimum atomic E-state index is -5.18. The van der Waals surface area contributed by atoms with Crippen LogP contribution in [0.5, 0.6) is 0 Å². The maximum Gasteiger partial charge on any atom is 0.470 e. The van der Waals surface area contributed by atoms with E-state index >= 15 is 0 Å². The van der Waals surface area contributed by atoms with E-state index in [-0.39, 0.29) is 0 Å². The molecule has 0 spiro atoms. The van der Waals surface area contributed by atoms with E-state index in [1.807, 2.05) is 0 Å². The van der Waals surface area contributed by atoms with Gasteiger partial charge in [0.25, 0.3) is 0 Å². The van der Waals surface area contributed by atoms with Crippen LogP contribution < -0.4 is 0 Å². The number of phosphoric ester groups is 2. The molecule has 0 aromatic rings. The molecule has 0 radical (unpaired) electrons. The smallest absolute Gasteiger partial charge is 0.394 e. The number of hydrogen-bond acceptors (Lipinski definition) is 8. The van der Waals surface area contributed by atoms with Crippen molar-refractivity contribution in [3.05, 3.63) is 0 Å². The van der Waals surface area contributed by atoms with Crippen LogP contribution in [0.3, 0.4) is 0 Å². The molecule has 1 fully saturated rings. The summed E-state index contributed by atoms with van der Waals surface area (Å²) >= 11 is 0. The summed E-state index contributed by atoms with van der Waals surface area (Å²) in [7, 11) is -10.3. The molecular weight excluding hydrogens is 326 g/mol. The molecule has 12 nitrogen and oxygen atoms in total. The highest BCUT2D eigenvalue weighted by molar-refractivity contribution is 7.46. The van der Waals surface area contributed by atoms with Crippen molar-refractivity contribution < 1.29 is 57.8 Å². The first-order valence-electron chi connectivity index (χ1n) is 5.05. The van der Waals surface area contributed by atoms with E-state index in [1.165, 1.54) is 0 Å². The summed E-state index contributed by atoms with van der Waals surface area (Å²) < 4.78 is 34.5. The van der Waals surface area contributed by atoms with E-state index in [1.54, 1.807) is 0 Å². The average Bonchev–Trinajstić information content (AvgIpc) is 2.25. The summed E-state index contributed by atoms with van der Waals surface area (Å²) in [5.74, 6) is 0. The van der Waals surface area contributed by atoms with Crippen LogP contribution in [0.4, 0.5) is 0 Å². The largest absolute Gasteiger partial charge is 0.470 e. The quantitative estimate of drug-likeness (QED) is 0.250. The number of rotatable bonds is 5. The zero-order valence-electron chi connectivity index (χ0n) is 9.66. The van der Waals surface area contributed by atoms with Crippen LogP contribution in [0.2, 0.25) is 0 Å². The van der Waals surface area contributed by atoms with Crippen molar-refractivity contribution in [2.75, 3.05) is 6.61 Å². The monoisotopic (exact) mass is 340 g/mol. The van der Waals surface area contributed by atoms with Crippen LogP contribution in [-0.4, -0.2) is 72.2 Å². The predicted molar refractivity (Wildman–Crippen MR) is 57.8 cm³/mol. The number of aliphatic hydroxyl groups excluding tert-OH is 3. The molecule has 0 aliphatic carbocycles. The van der Waals surface area contributed by atoms with Gasteiger partial charge in [-0.1, -0.05) is 0 Å². The van der Waals surface area contributed by atoms with E-state index in [0.717, 1.165) is 0 Å². The van der Waals surface area contributed by atoms with E-state index in [2.05, 4.69) is 13.8 Å². The van der Waals surface area contributed by atoms with Crippen LogP contribution in [0, 0.1) is 0 Å². The molecule has 5 atom stereocenters. The zero-order valence-corrected chi connectivity index (χ0v) is 11.4. The maximum atomic E-state index is 10.8. The Morgan fingerprint density at radius 1 is 0.950 bits per heavy atom. The van der Waals surface area contributed by atoms with Crippen molar-refractivity contribution in [3.8, 4) is 0 Å². The highest BCUT2D eigenvalue weighted by Gasteiger charge is 2.50. The molecule has 0 amide bonds. The standard InChI is InChI=1S/C6H14O12P2/c7-1-2-4(17-19(10,11)12)5(18-20(13,14)15)3(8)6(9)16-2/h2-9H,1H2,(H2,10,11,12)(H2,13,14,15)/t2-,3-,4+,5-,6+/m1/s1. The number of phosphoric acid groups is 2. The van der Waals surface area contributed by atoms with Crippen LogP contribution >= 0.6 is 15.6 Å². The molecule has 1 aliphatic rings. The van der Waals surface area contributed by atoms with Crippen molar-refractivity contribution in [1.29, 1.82) is 0 Å². The Hall–Kier alpha value is 0.0600. The molecule has 14 heteroatoms. The van der Waals surface area contributed by atoms with Crippen LogP contribution in [0.15, 0.2) is 0 Å². The van der Waals surface area contributed by atoms with Gasteiger partial charge in [0.05, 0.1) is 6.61 Å². The third-order valence-electron chi connectivity index (χ3n) is 2.33. The molecule has 1 saturated heterocycles. The van der Waals surface area contributed by atoms with Gasteiger partial charge in [0.2, 0.25) is 0 Å². The lowest BCUT2D eigenvalue weighted by molar-refractivity contribution is -0.280. The second kappa shape index (κ2) is 6.44. The van der Waals surface area contributed by atoms with Gasteiger partial charge in [-0.05, 0) is 0 Å². The first-order valence-corrected chi connectivity index (χ1v) is 8.11. The molecule has 20 heavy (non-hydrogen) atoms. The fourth-order valence-electron chi connectivity index (χ4n) is 1.62. The molecular formula is C6H14O12P2. The molecule has 0 unspecified atom stereocenters. The van der Waals surface area contributed by atoms with E-state index in [9.17, 15) is 19.3 Å². The lowest BCUT2D eigenvalue weighted by Crippen LogP contribution is -2.59. The first-order chi connectivity index (χ1) is 8.94. The van der Waals surface area contributed by atoms with E-state index in [0.29, 0.717) is 0 Å². The van der Waals surface area contributed by atoms with Crippen molar-refractivity contribution in [2.45, 2.75) is 30.7 Å². The fourth-order valence-corrected chi connectivity index (χ4v) is 2.75. The molecule has 0 saturated carbocycles. The lowest BCUT2D eigenvalue weighted by atomic mass is 9.99. The summed E-state index contributed by atoms with van der Waals surface area (Å²) in [5.41, 5.74) is 0. The Bertz CT molecular complexity index is 390. The second-order valence-electron chi connectivity index (χ2n) is 3.86. The summed E-state index contributed by atoms with van der Waals surface area (Å²) in [4.78, 5) is 34.8. The molecule has 120 valence electrons. The third-order valence-corrected chi connectivity index (χ3v) is 3.37. The number of ether oxygens (including phenoxy) is 1. The Morgan fingerprint density at radius 2 is 1.40 bits per heavy atom. The van der Waals surface area contributed by atoms with Crippen molar-refractivity contribution >= 4 is 15.6 Å². The Balaban J connectivity index is 3.06. The van der Waals surface area contributed by atoms with E-state index < -0.39 is 53.0 Å². The number of aliphatic hydroxyl groups is 3. The van der Waals surface area contributed by atoms with Crippen LogP contribution in [0.1, 0.15) is 0 Å². The van der Waals surface area contributed by atoms with Gasteiger partial charge in [-0.3, -0.25) is 9.05 Å². The van der Waals surface area contributed by atoms with Gasteiger partial charge >= 0.3 is 15.6 Å². The van der Waals surface area contributed by atoms with Crippen molar-refractivity contribution in [3.63, 3.8) is 0 Å². The van der Waals surface area contributed by atoms with Crippen molar-refractivity contribution in [2.24, 2.45) is 0 Å². The van der Waals surface area contributed by atoms with Gasteiger partial charge in [-0.2, -0.15) is 0 Å². The lowest BCUT2D eigenvalue weighted by Gasteiger charge is -2.41. The topological polar surface area (TPSA) is 203 Å². The first kappa shape index (κ1) is 18.1. The molecule has 1 aliphatic heterocycles. The normalized spacial score (nSPS) is 36.0. The van der Waals surface area contributed by atoms with Crippen molar-refractivity contribution in [1.82, 2.24) is 0 Å². The van der Waals surface area contributed by atoms with Gasteiger partial charge in [-0.15, -0.1) is 0 Å². The zero-order chi connectivity index (χ0) is 15.7. The predicted octanol–water partition coefficient (Wildman–Crippen LogP) is -2.99. The van der Waals surface area contributed by atoms with Gasteiger partial charge in [0.1, 0.15) is 24.4 Å². The minimum absolute atomic E-state index is 0.921. The highest BCUT2D eigenvalue weighted by atomic mass is 31.2. The van der Waals surface area contributed by atoms with Gasteiger partial charge < -0.3 is 39.6 Å². The molecule has 0 aromatic carbocycles. The SMILES string of the molecule is O=P(O)(O)O[C@@H]1[C@@H](O)[C@@H](O)O[C@H](CO)[C@@H]1OP(=O)(O)O. The molecule has 0 bridgehead atoms. The molecule has 7 N–H and O–H groups in total. The molecule has 1 heterocycles. The fraction of sp³-hybridized carbons (Fsp3) is 1.00. The Labute approximate surface area is 112 Å². The van der Waals surface area contributed by atoms with Crippen LogP contribution in [0.25, 0.3) is 0 Å².